The summed E-state index contributed by atoms with van der Waals surface area (Å²) in [5.74, 6) is -0.264. The van der Waals surface area contributed by atoms with Crippen molar-refractivity contribution in [1.29, 1.82) is 0 Å². The highest BCUT2D eigenvalue weighted by Gasteiger charge is 2.34. The van der Waals surface area contributed by atoms with Crippen LogP contribution in [0.3, 0.4) is 0 Å². The molecule has 1 heterocycles. The number of hydrogen-bond donors (Lipinski definition) is 1. The van der Waals surface area contributed by atoms with Gasteiger partial charge in [-0.25, -0.2) is 4.79 Å². The number of alkyl carbamates (subject to hydrolysis) is 1. The minimum Gasteiger partial charge on any atom is -0.444 e. The SMILES string of the molecule is CC(C)(C)OC(=O)N[C@@H](COCc1ccccc1)C(=O)N1CCC[C@H]1CN=[N+]=[N-]. The lowest BCUT2D eigenvalue weighted by atomic mass is 10.2. The summed E-state index contributed by atoms with van der Waals surface area (Å²) in [6.07, 6.45) is 0.904. The van der Waals surface area contributed by atoms with Crippen LogP contribution < -0.4 is 5.32 Å². The topological polar surface area (TPSA) is 117 Å². The second-order valence-electron chi connectivity index (χ2n) is 7.94. The predicted octanol–water partition coefficient (Wildman–Crippen LogP) is 3.40. The van der Waals surface area contributed by atoms with E-state index in [1.807, 2.05) is 30.3 Å². The molecule has 1 N–H and O–H groups in total. The lowest BCUT2D eigenvalue weighted by Gasteiger charge is -2.29. The molecule has 0 spiro atoms. The van der Waals surface area contributed by atoms with Gasteiger partial charge in [0, 0.05) is 24.0 Å². The molecule has 0 unspecified atom stereocenters. The maximum Gasteiger partial charge on any atom is 0.408 e. The smallest absolute Gasteiger partial charge is 0.408 e. The number of amides is 2. The molecule has 158 valence electrons. The summed E-state index contributed by atoms with van der Waals surface area (Å²) in [5.41, 5.74) is 8.86. The van der Waals surface area contributed by atoms with Crippen LogP contribution in [0.25, 0.3) is 10.4 Å². The number of nitrogens with zero attached hydrogens (tertiary/aromatic N) is 4. The van der Waals surface area contributed by atoms with Gasteiger partial charge in [0.05, 0.1) is 13.2 Å². The first-order valence-corrected chi connectivity index (χ1v) is 9.72. The van der Waals surface area contributed by atoms with Gasteiger partial charge in [0.25, 0.3) is 0 Å². The molecule has 0 aliphatic carbocycles. The predicted molar refractivity (Wildman–Crippen MR) is 108 cm³/mol. The molecule has 2 amide bonds. The molecule has 1 aromatic carbocycles. The van der Waals surface area contributed by atoms with Gasteiger partial charge in [0.2, 0.25) is 5.91 Å². The Labute approximate surface area is 171 Å². The quantitative estimate of drug-likeness (QED) is 0.407. The van der Waals surface area contributed by atoms with Crippen molar-refractivity contribution >= 4 is 12.0 Å². The van der Waals surface area contributed by atoms with Crippen molar-refractivity contribution in [2.45, 2.75) is 57.9 Å². The van der Waals surface area contributed by atoms with E-state index in [1.54, 1.807) is 25.7 Å². The van der Waals surface area contributed by atoms with Crippen LogP contribution in [0.15, 0.2) is 35.4 Å². The lowest BCUT2D eigenvalue weighted by Crippen LogP contribution is -2.53. The van der Waals surface area contributed by atoms with Gasteiger partial charge in [0.1, 0.15) is 11.6 Å². The Hall–Kier alpha value is -2.77. The van der Waals surface area contributed by atoms with E-state index in [4.69, 9.17) is 15.0 Å². The largest absolute Gasteiger partial charge is 0.444 e. The molecule has 2 atom stereocenters. The highest BCUT2D eigenvalue weighted by atomic mass is 16.6. The maximum atomic E-state index is 13.1. The molecule has 1 fully saturated rings. The van der Waals surface area contributed by atoms with Crippen LogP contribution >= 0.6 is 0 Å². The van der Waals surface area contributed by atoms with Crippen molar-refractivity contribution in [2.24, 2.45) is 5.11 Å². The standard InChI is InChI=1S/C20H29N5O4/c1-20(2,3)29-19(27)23-17(14-28-13-15-8-5-4-6-9-15)18(26)25-11-7-10-16(25)12-22-24-21/h4-6,8-9,16-17H,7,10-14H2,1-3H3,(H,23,27)/t16-,17-/m0/s1. The summed E-state index contributed by atoms with van der Waals surface area (Å²) in [7, 11) is 0. The average molecular weight is 403 g/mol. The first kappa shape index (κ1) is 22.5. The van der Waals surface area contributed by atoms with Crippen LogP contribution in [0.1, 0.15) is 39.2 Å². The van der Waals surface area contributed by atoms with E-state index in [2.05, 4.69) is 15.3 Å². The fourth-order valence-corrected chi connectivity index (χ4v) is 3.14. The molecule has 1 saturated heterocycles. The van der Waals surface area contributed by atoms with Gasteiger partial charge in [-0.05, 0) is 44.7 Å². The average Bonchev–Trinajstić information content (AvgIpc) is 3.13. The number of hydrogen-bond acceptors (Lipinski definition) is 5. The number of carbonyl (C=O) groups is 2. The van der Waals surface area contributed by atoms with Crippen molar-refractivity contribution in [3.05, 3.63) is 46.3 Å². The molecule has 29 heavy (non-hydrogen) atoms. The summed E-state index contributed by atoms with van der Waals surface area (Å²) in [6, 6.07) is 8.52. The van der Waals surface area contributed by atoms with E-state index in [0.717, 1.165) is 18.4 Å². The number of ether oxygens (including phenoxy) is 2. The number of carbonyl (C=O) groups excluding carboxylic acids is 2. The number of likely N-dealkylation sites (tertiary alicyclic amines) is 1. The third-order valence-electron chi connectivity index (χ3n) is 4.40. The minimum atomic E-state index is -0.889. The van der Waals surface area contributed by atoms with Gasteiger partial charge in [-0.15, -0.1) is 0 Å². The summed E-state index contributed by atoms with van der Waals surface area (Å²) >= 11 is 0. The Morgan fingerprint density at radius 1 is 1.34 bits per heavy atom. The van der Waals surface area contributed by atoms with Gasteiger partial charge < -0.3 is 19.7 Å². The molecule has 0 radical (unpaired) electrons. The molecule has 9 heteroatoms. The molecule has 0 aromatic heterocycles. The van der Waals surface area contributed by atoms with Crippen molar-refractivity contribution < 1.29 is 19.1 Å². The van der Waals surface area contributed by atoms with E-state index < -0.39 is 17.7 Å². The molecule has 1 aliphatic rings. The van der Waals surface area contributed by atoms with Crippen LogP contribution in [-0.2, 0) is 20.9 Å². The molecular formula is C20H29N5O4. The summed E-state index contributed by atoms with van der Waals surface area (Å²) < 4.78 is 11.0. The van der Waals surface area contributed by atoms with E-state index in [-0.39, 0.29) is 25.1 Å². The molecule has 2 rings (SSSR count). The first-order valence-electron chi connectivity index (χ1n) is 9.72. The Bertz CT molecular complexity index is 728. The Morgan fingerprint density at radius 3 is 2.72 bits per heavy atom. The highest BCUT2D eigenvalue weighted by molar-refractivity contribution is 5.86. The number of benzene rings is 1. The molecule has 9 nitrogen and oxygen atoms in total. The maximum absolute atomic E-state index is 13.1. The fourth-order valence-electron chi connectivity index (χ4n) is 3.14. The number of rotatable bonds is 8. The Kier molecular flexibility index (Phi) is 8.30. The van der Waals surface area contributed by atoms with Crippen LogP contribution in [0.5, 0.6) is 0 Å². The summed E-state index contributed by atoms with van der Waals surface area (Å²) in [5, 5.41) is 6.23. The van der Waals surface area contributed by atoms with Crippen LogP contribution in [0.4, 0.5) is 4.79 Å². The van der Waals surface area contributed by atoms with Gasteiger partial charge >= 0.3 is 6.09 Å². The Morgan fingerprint density at radius 2 is 2.07 bits per heavy atom. The zero-order valence-corrected chi connectivity index (χ0v) is 17.2. The lowest BCUT2D eigenvalue weighted by molar-refractivity contribution is -0.135. The fraction of sp³-hybridized carbons (Fsp3) is 0.600. The van der Waals surface area contributed by atoms with Gasteiger partial charge in [-0.1, -0.05) is 35.4 Å². The van der Waals surface area contributed by atoms with Gasteiger partial charge in [0.15, 0.2) is 0 Å². The normalized spacial score (nSPS) is 17.3. The van der Waals surface area contributed by atoms with Gasteiger partial charge in [-0.3, -0.25) is 4.79 Å². The molecule has 1 aromatic rings. The van der Waals surface area contributed by atoms with Crippen molar-refractivity contribution in [1.82, 2.24) is 10.2 Å². The van der Waals surface area contributed by atoms with E-state index in [9.17, 15) is 9.59 Å². The third kappa shape index (κ3) is 7.63. The van der Waals surface area contributed by atoms with Crippen molar-refractivity contribution in [2.75, 3.05) is 19.7 Å². The monoisotopic (exact) mass is 403 g/mol. The molecule has 1 aliphatic heterocycles. The van der Waals surface area contributed by atoms with Crippen molar-refractivity contribution in [3.63, 3.8) is 0 Å². The van der Waals surface area contributed by atoms with Crippen LogP contribution in [0.2, 0.25) is 0 Å². The number of nitrogens with one attached hydrogen (secondary N) is 1. The zero-order valence-electron chi connectivity index (χ0n) is 17.2. The first-order chi connectivity index (χ1) is 13.8. The van der Waals surface area contributed by atoms with E-state index in [0.29, 0.717) is 13.2 Å². The zero-order chi connectivity index (χ0) is 21.3. The number of azide groups is 1. The molecule has 0 bridgehead atoms. The van der Waals surface area contributed by atoms with Gasteiger partial charge in [-0.2, -0.15) is 0 Å². The molecular weight excluding hydrogens is 374 g/mol. The summed E-state index contributed by atoms with van der Waals surface area (Å²) in [4.78, 5) is 29.8. The Balaban J connectivity index is 2.04. The second-order valence-corrected chi connectivity index (χ2v) is 7.94. The highest BCUT2D eigenvalue weighted by Crippen LogP contribution is 2.19. The third-order valence-corrected chi connectivity index (χ3v) is 4.40. The second kappa shape index (κ2) is 10.7. The van der Waals surface area contributed by atoms with Crippen LogP contribution in [0, 0.1) is 0 Å². The minimum absolute atomic E-state index is 0.0116. The van der Waals surface area contributed by atoms with Crippen LogP contribution in [-0.4, -0.2) is 54.3 Å². The molecule has 0 saturated carbocycles. The van der Waals surface area contributed by atoms with E-state index >= 15 is 0 Å². The van der Waals surface area contributed by atoms with Crippen molar-refractivity contribution in [3.8, 4) is 0 Å². The summed E-state index contributed by atoms with van der Waals surface area (Å²) in [6.45, 7) is 6.37. The van der Waals surface area contributed by atoms with E-state index in [1.165, 1.54) is 0 Å².